The van der Waals surface area contributed by atoms with Crippen LogP contribution in [0, 0.1) is 0 Å². The summed E-state index contributed by atoms with van der Waals surface area (Å²) in [5.74, 6) is 0.703. The van der Waals surface area contributed by atoms with Crippen molar-refractivity contribution in [1.82, 2.24) is 20.4 Å². The lowest BCUT2D eigenvalue weighted by molar-refractivity contribution is 0.0913. The molecule has 0 spiro atoms. The van der Waals surface area contributed by atoms with Gasteiger partial charge in [-0.2, -0.15) is 0 Å². The Morgan fingerprint density at radius 1 is 1.14 bits per heavy atom. The van der Waals surface area contributed by atoms with Gasteiger partial charge in [0.15, 0.2) is 5.96 Å². The van der Waals surface area contributed by atoms with Gasteiger partial charge in [0.05, 0.1) is 13.2 Å². The van der Waals surface area contributed by atoms with E-state index >= 15 is 0 Å². The van der Waals surface area contributed by atoms with Crippen LogP contribution in [0.25, 0.3) is 0 Å². The van der Waals surface area contributed by atoms with E-state index in [0.717, 1.165) is 18.1 Å². The fourth-order valence-electron chi connectivity index (χ4n) is 2.86. The molecule has 0 bridgehead atoms. The van der Waals surface area contributed by atoms with Crippen LogP contribution in [0.1, 0.15) is 29.8 Å². The second kappa shape index (κ2) is 12.4. The third kappa shape index (κ3) is 6.84. The van der Waals surface area contributed by atoms with E-state index in [9.17, 15) is 9.59 Å². The van der Waals surface area contributed by atoms with Crippen molar-refractivity contribution in [3.63, 3.8) is 0 Å². The Balaban J connectivity index is 0.00000392. The lowest BCUT2D eigenvalue weighted by Gasteiger charge is -2.35. The molecular weight excluding hydrogens is 473 g/mol. The van der Waals surface area contributed by atoms with E-state index < -0.39 is 0 Å². The largest absolute Gasteiger partial charge is 0.450 e. The van der Waals surface area contributed by atoms with E-state index in [2.05, 4.69) is 15.5 Å². The molecule has 1 heterocycles. The molecule has 1 fully saturated rings. The van der Waals surface area contributed by atoms with E-state index in [4.69, 9.17) is 9.73 Å². The van der Waals surface area contributed by atoms with Gasteiger partial charge >= 0.3 is 6.09 Å². The zero-order valence-corrected chi connectivity index (χ0v) is 19.1. The van der Waals surface area contributed by atoms with Crippen LogP contribution >= 0.6 is 24.0 Å². The second-order valence-corrected chi connectivity index (χ2v) is 6.12. The van der Waals surface area contributed by atoms with Gasteiger partial charge in [-0.3, -0.25) is 4.79 Å². The highest BCUT2D eigenvalue weighted by Crippen LogP contribution is 2.09. The van der Waals surface area contributed by atoms with Crippen LogP contribution < -0.4 is 10.6 Å². The Morgan fingerprint density at radius 2 is 1.82 bits per heavy atom. The zero-order valence-electron chi connectivity index (χ0n) is 16.7. The number of aliphatic imine (C=N–C) groups is 1. The SMILES string of the molecule is CCNC(=NCc1cccc(C(=O)NC)c1)N1CCN(C(=O)OCC)CC1.I. The van der Waals surface area contributed by atoms with Gasteiger partial charge in [0.2, 0.25) is 0 Å². The number of nitrogens with zero attached hydrogens (tertiary/aromatic N) is 3. The first-order chi connectivity index (χ1) is 13.1. The Bertz CT molecular complexity index is 675. The van der Waals surface area contributed by atoms with E-state index in [1.807, 2.05) is 32.0 Å². The van der Waals surface area contributed by atoms with Gasteiger partial charge in [-0.1, -0.05) is 12.1 Å². The molecule has 8 nitrogen and oxygen atoms in total. The molecule has 1 aliphatic heterocycles. The van der Waals surface area contributed by atoms with Crippen LogP contribution in [0.15, 0.2) is 29.3 Å². The van der Waals surface area contributed by atoms with Crippen molar-refractivity contribution in [3.05, 3.63) is 35.4 Å². The predicted octanol–water partition coefficient (Wildman–Crippen LogP) is 1.90. The number of nitrogens with one attached hydrogen (secondary N) is 2. The van der Waals surface area contributed by atoms with Gasteiger partial charge < -0.3 is 25.2 Å². The molecule has 0 radical (unpaired) electrons. The van der Waals surface area contributed by atoms with Crippen molar-refractivity contribution in [3.8, 4) is 0 Å². The average molecular weight is 503 g/mol. The number of hydrogen-bond acceptors (Lipinski definition) is 4. The van der Waals surface area contributed by atoms with Crippen molar-refractivity contribution in [1.29, 1.82) is 0 Å². The molecule has 2 amide bonds. The molecule has 0 atom stereocenters. The highest BCUT2D eigenvalue weighted by Gasteiger charge is 2.23. The molecule has 2 rings (SSSR count). The summed E-state index contributed by atoms with van der Waals surface area (Å²) in [6.07, 6.45) is -0.259. The number of rotatable bonds is 5. The number of halogens is 1. The molecule has 0 aromatic heterocycles. The summed E-state index contributed by atoms with van der Waals surface area (Å²) in [5.41, 5.74) is 1.59. The summed E-state index contributed by atoms with van der Waals surface area (Å²) in [5, 5.41) is 5.93. The molecule has 1 aromatic carbocycles. The molecule has 2 N–H and O–H groups in total. The molecule has 1 saturated heterocycles. The zero-order chi connectivity index (χ0) is 19.6. The predicted molar refractivity (Wildman–Crippen MR) is 120 cm³/mol. The fraction of sp³-hybridized carbons (Fsp3) is 0.526. The molecular formula is C19H30IN5O3. The molecule has 1 aromatic rings. The Morgan fingerprint density at radius 3 is 2.43 bits per heavy atom. The maximum Gasteiger partial charge on any atom is 0.409 e. The first-order valence-corrected chi connectivity index (χ1v) is 9.35. The Kier molecular flexibility index (Phi) is 10.6. The summed E-state index contributed by atoms with van der Waals surface area (Å²) in [6.45, 7) is 8.06. The highest BCUT2D eigenvalue weighted by molar-refractivity contribution is 14.0. The van der Waals surface area contributed by atoms with Crippen molar-refractivity contribution in [2.75, 3.05) is 46.4 Å². The Labute approximate surface area is 183 Å². The lowest BCUT2D eigenvalue weighted by atomic mass is 10.1. The van der Waals surface area contributed by atoms with Crippen molar-refractivity contribution in [2.45, 2.75) is 20.4 Å². The minimum Gasteiger partial charge on any atom is -0.450 e. The number of hydrogen-bond donors (Lipinski definition) is 2. The first-order valence-electron chi connectivity index (χ1n) is 9.35. The molecule has 0 saturated carbocycles. The van der Waals surface area contributed by atoms with Gasteiger partial charge in [0, 0.05) is 45.3 Å². The van der Waals surface area contributed by atoms with Crippen molar-refractivity contribution in [2.24, 2.45) is 4.99 Å². The maximum absolute atomic E-state index is 11.8. The number of guanidine groups is 1. The maximum atomic E-state index is 11.8. The monoisotopic (exact) mass is 503 g/mol. The molecule has 1 aliphatic rings. The third-order valence-corrected chi connectivity index (χ3v) is 4.27. The van der Waals surface area contributed by atoms with E-state index in [0.29, 0.717) is 44.9 Å². The van der Waals surface area contributed by atoms with Crippen LogP contribution in [-0.2, 0) is 11.3 Å². The number of carbonyl (C=O) groups excluding carboxylic acids is 2. The summed E-state index contributed by atoms with van der Waals surface area (Å²) < 4.78 is 5.06. The summed E-state index contributed by atoms with van der Waals surface area (Å²) in [7, 11) is 1.62. The standard InChI is InChI=1S/C19H29N5O3.HI/c1-4-21-18(23-9-11-24(12-10-23)19(26)27-5-2)22-14-15-7-6-8-16(13-15)17(25)20-3;/h6-8,13H,4-5,9-12,14H2,1-3H3,(H,20,25)(H,21,22);1H. The number of carbonyl (C=O) groups is 2. The van der Waals surface area contributed by atoms with Crippen LogP contribution in [0.5, 0.6) is 0 Å². The number of piperazine rings is 1. The van der Waals surface area contributed by atoms with Crippen LogP contribution in [0.4, 0.5) is 4.79 Å². The van der Waals surface area contributed by atoms with Crippen LogP contribution in [0.3, 0.4) is 0 Å². The van der Waals surface area contributed by atoms with E-state index in [1.54, 1.807) is 18.0 Å². The summed E-state index contributed by atoms with van der Waals surface area (Å²) >= 11 is 0. The van der Waals surface area contributed by atoms with Gasteiger partial charge in [0.25, 0.3) is 5.91 Å². The topological polar surface area (TPSA) is 86.3 Å². The number of ether oxygens (including phenoxy) is 1. The summed E-state index contributed by atoms with van der Waals surface area (Å²) in [4.78, 5) is 32.2. The van der Waals surface area contributed by atoms with Gasteiger partial charge in [-0.05, 0) is 31.5 Å². The minimum atomic E-state index is -0.259. The van der Waals surface area contributed by atoms with Gasteiger partial charge in [-0.15, -0.1) is 24.0 Å². The van der Waals surface area contributed by atoms with Gasteiger partial charge in [0.1, 0.15) is 0 Å². The second-order valence-electron chi connectivity index (χ2n) is 6.12. The van der Waals surface area contributed by atoms with E-state index in [-0.39, 0.29) is 36.0 Å². The fourth-order valence-corrected chi connectivity index (χ4v) is 2.86. The first kappa shape index (κ1) is 24.0. The third-order valence-electron chi connectivity index (χ3n) is 4.27. The molecule has 156 valence electrons. The van der Waals surface area contributed by atoms with Crippen molar-refractivity contribution < 1.29 is 14.3 Å². The number of benzene rings is 1. The van der Waals surface area contributed by atoms with Crippen LogP contribution in [-0.4, -0.2) is 74.1 Å². The van der Waals surface area contributed by atoms with Gasteiger partial charge in [-0.25, -0.2) is 9.79 Å². The average Bonchev–Trinajstić information content (AvgIpc) is 2.71. The highest BCUT2D eigenvalue weighted by atomic mass is 127. The Hall–Kier alpha value is -2.04. The quantitative estimate of drug-likeness (QED) is 0.364. The lowest BCUT2D eigenvalue weighted by Crippen LogP contribution is -2.53. The summed E-state index contributed by atoms with van der Waals surface area (Å²) in [6, 6.07) is 7.45. The smallest absolute Gasteiger partial charge is 0.409 e. The molecule has 0 unspecified atom stereocenters. The molecule has 0 aliphatic carbocycles. The minimum absolute atomic E-state index is 0. The van der Waals surface area contributed by atoms with E-state index in [1.165, 1.54) is 0 Å². The molecule has 9 heteroatoms. The normalized spacial score (nSPS) is 14.2. The molecule has 28 heavy (non-hydrogen) atoms. The number of amides is 2. The van der Waals surface area contributed by atoms with Crippen LogP contribution in [0.2, 0.25) is 0 Å². The van der Waals surface area contributed by atoms with Crippen molar-refractivity contribution >= 4 is 41.9 Å².